The third-order valence-corrected chi connectivity index (χ3v) is 4.33. The molecule has 1 aromatic rings. The second-order valence-electron chi connectivity index (χ2n) is 6.28. The van der Waals surface area contributed by atoms with Gasteiger partial charge >= 0.3 is 12.1 Å². The molecule has 0 bridgehead atoms. The summed E-state index contributed by atoms with van der Waals surface area (Å²) in [5.74, 6) is -0.877. The van der Waals surface area contributed by atoms with E-state index in [2.05, 4.69) is 4.98 Å². The van der Waals surface area contributed by atoms with Gasteiger partial charge in [0.2, 0.25) is 5.88 Å². The average Bonchev–Trinajstić information content (AvgIpc) is 3.24. The first-order chi connectivity index (χ1) is 11.2. The van der Waals surface area contributed by atoms with Crippen LogP contribution in [0.25, 0.3) is 0 Å². The third kappa shape index (κ3) is 3.26. The highest BCUT2D eigenvalue weighted by Crippen LogP contribution is 2.41. The first-order valence-corrected chi connectivity index (χ1v) is 7.61. The minimum atomic E-state index is -4.73. The lowest BCUT2D eigenvalue weighted by Crippen LogP contribution is -2.47. The van der Waals surface area contributed by atoms with Crippen molar-refractivity contribution in [3.63, 3.8) is 0 Å². The van der Waals surface area contributed by atoms with Crippen molar-refractivity contribution >= 4 is 11.7 Å². The van der Waals surface area contributed by atoms with Gasteiger partial charge in [-0.15, -0.1) is 0 Å². The molecule has 1 aromatic heterocycles. The Morgan fingerprint density at radius 3 is 2.67 bits per heavy atom. The van der Waals surface area contributed by atoms with Gasteiger partial charge in [-0.3, -0.25) is 0 Å². The number of aromatic nitrogens is 1. The van der Waals surface area contributed by atoms with E-state index < -0.39 is 30.7 Å². The van der Waals surface area contributed by atoms with Crippen LogP contribution < -0.4 is 9.64 Å². The summed E-state index contributed by atoms with van der Waals surface area (Å²) in [4.78, 5) is 16.3. The van der Waals surface area contributed by atoms with Crippen molar-refractivity contribution in [1.29, 1.82) is 0 Å². The number of alkyl halides is 3. The lowest BCUT2D eigenvalue weighted by Gasteiger charge is -2.27. The zero-order chi connectivity index (χ0) is 17.5. The zero-order valence-corrected chi connectivity index (χ0v) is 12.7. The van der Waals surface area contributed by atoms with Crippen molar-refractivity contribution in [2.45, 2.75) is 31.0 Å². The Kier molecular flexibility index (Phi) is 4.06. The Bertz CT molecular complexity index is 648. The van der Waals surface area contributed by atoms with Crippen molar-refractivity contribution in [1.82, 2.24) is 4.98 Å². The third-order valence-electron chi connectivity index (χ3n) is 4.33. The summed E-state index contributed by atoms with van der Waals surface area (Å²) in [6.45, 7) is -0.311. The van der Waals surface area contributed by atoms with Gasteiger partial charge in [0.25, 0.3) is 0 Å². The number of hydrogen-bond donors (Lipinski definition) is 2. The van der Waals surface area contributed by atoms with Crippen LogP contribution in [0.3, 0.4) is 0 Å². The second kappa shape index (κ2) is 5.80. The predicted octanol–water partition coefficient (Wildman–Crippen LogP) is 2.07. The van der Waals surface area contributed by atoms with Crippen molar-refractivity contribution in [3.8, 4) is 5.88 Å². The number of halogens is 3. The summed E-state index contributed by atoms with van der Waals surface area (Å²) < 4.78 is 44.4. The van der Waals surface area contributed by atoms with Gasteiger partial charge in [-0.2, -0.15) is 13.2 Å². The first-order valence-electron chi connectivity index (χ1n) is 7.61. The van der Waals surface area contributed by atoms with Crippen molar-refractivity contribution < 1.29 is 32.9 Å². The van der Waals surface area contributed by atoms with E-state index >= 15 is 0 Å². The van der Waals surface area contributed by atoms with E-state index in [0.29, 0.717) is 12.5 Å². The van der Waals surface area contributed by atoms with Crippen molar-refractivity contribution in [3.05, 3.63) is 17.8 Å². The Morgan fingerprint density at radius 1 is 1.42 bits per heavy atom. The smallest absolute Gasteiger partial charge is 0.418 e. The monoisotopic (exact) mass is 346 g/mol. The SMILES string of the molecule is O=C(O)c1ccc(N2CCC(O)(C(F)(F)F)C2)c(OCC2CC2)n1. The number of carbonyl (C=O) groups is 1. The molecule has 2 fully saturated rings. The second-order valence-corrected chi connectivity index (χ2v) is 6.28. The molecule has 0 spiro atoms. The van der Waals surface area contributed by atoms with E-state index in [0.717, 1.165) is 12.8 Å². The van der Waals surface area contributed by atoms with Gasteiger partial charge in [0.15, 0.2) is 11.3 Å². The molecule has 0 aromatic carbocycles. The molecule has 1 unspecified atom stereocenters. The Morgan fingerprint density at radius 2 is 2.12 bits per heavy atom. The fraction of sp³-hybridized carbons (Fsp3) is 0.600. The molecule has 9 heteroatoms. The van der Waals surface area contributed by atoms with Crippen LogP contribution in [0.5, 0.6) is 5.88 Å². The number of pyridine rings is 1. The molecule has 0 radical (unpaired) electrons. The van der Waals surface area contributed by atoms with Gasteiger partial charge in [0.1, 0.15) is 5.69 Å². The number of hydrogen-bond acceptors (Lipinski definition) is 5. The van der Waals surface area contributed by atoms with E-state index in [-0.39, 0.29) is 23.8 Å². The molecule has 2 heterocycles. The lowest BCUT2D eigenvalue weighted by molar-refractivity contribution is -0.250. The number of rotatable bonds is 5. The van der Waals surface area contributed by atoms with Gasteiger partial charge in [-0.1, -0.05) is 0 Å². The zero-order valence-electron chi connectivity index (χ0n) is 12.7. The van der Waals surface area contributed by atoms with Crippen LogP contribution in [-0.4, -0.2) is 52.6 Å². The molecular formula is C15H17F3N2O4. The molecule has 132 valence electrons. The van der Waals surface area contributed by atoms with Crippen LogP contribution in [0.4, 0.5) is 18.9 Å². The molecular weight excluding hydrogens is 329 g/mol. The normalized spacial score (nSPS) is 24.2. The summed E-state index contributed by atoms with van der Waals surface area (Å²) in [5, 5.41) is 18.8. The van der Waals surface area contributed by atoms with Crippen LogP contribution in [0, 0.1) is 5.92 Å². The van der Waals surface area contributed by atoms with E-state index in [1.54, 1.807) is 0 Å². The molecule has 1 atom stereocenters. The number of aromatic carboxylic acids is 1. The van der Waals surface area contributed by atoms with E-state index in [4.69, 9.17) is 9.84 Å². The number of aliphatic hydroxyl groups is 1. The van der Waals surface area contributed by atoms with Crippen LogP contribution in [0.15, 0.2) is 12.1 Å². The summed E-state index contributed by atoms with van der Waals surface area (Å²) in [5.41, 5.74) is -2.76. The quantitative estimate of drug-likeness (QED) is 0.849. The predicted molar refractivity (Wildman–Crippen MR) is 77.3 cm³/mol. The van der Waals surface area contributed by atoms with Crippen molar-refractivity contribution in [2.75, 3.05) is 24.6 Å². The maximum Gasteiger partial charge on any atom is 0.418 e. The summed E-state index contributed by atoms with van der Waals surface area (Å²) in [6.07, 6.45) is -3.18. The Hall–Kier alpha value is -2.03. The summed E-state index contributed by atoms with van der Waals surface area (Å²) in [7, 11) is 0. The number of nitrogens with zero attached hydrogens (tertiary/aromatic N) is 2. The topological polar surface area (TPSA) is 82.9 Å². The lowest BCUT2D eigenvalue weighted by atomic mass is 10.0. The summed E-state index contributed by atoms with van der Waals surface area (Å²) >= 11 is 0. The molecule has 1 saturated heterocycles. The standard InChI is InChI=1S/C15H17F3N2O4/c16-15(17,18)14(23)5-6-20(8-14)11-4-3-10(13(21)22)19-12(11)24-7-9-1-2-9/h3-4,9,23H,1-2,5-8H2,(H,21,22). The number of β-amino-alcohol motifs (C(OH)–C–C–N with tert-alkyl or cyclic N) is 1. The molecule has 0 amide bonds. The molecule has 3 rings (SSSR count). The Labute approximate surface area is 135 Å². The molecule has 6 nitrogen and oxygen atoms in total. The maximum atomic E-state index is 13.0. The highest BCUT2D eigenvalue weighted by Gasteiger charge is 2.57. The molecule has 1 aliphatic carbocycles. The van der Waals surface area contributed by atoms with E-state index in [1.165, 1.54) is 17.0 Å². The fourth-order valence-corrected chi connectivity index (χ4v) is 2.61. The first kappa shape index (κ1) is 16.8. The molecule has 1 aliphatic heterocycles. The van der Waals surface area contributed by atoms with Gasteiger partial charge in [-0.05, 0) is 30.9 Å². The largest absolute Gasteiger partial charge is 0.477 e. The molecule has 2 aliphatic rings. The van der Waals surface area contributed by atoms with E-state index in [1.807, 2.05) is 0 Å². The summed E-state index contributed by atoms with van der Waals surface area (Å²) in [6, 6.07) is 2.59. The fourth-order valence-electron chi connectivity index (χ4n) is 2.61. The van der Waals surface area contributed by atoms with Crippen LogP contribution in [-0.2, 0) is 0 Å². The molecule has 24 heavy (non-hydrogen) atoms. The number of anilines is 1. The van der Waals surface area contributed by atoms with Crippen molar-refractivity contribution in [2.24, 2.45) is 5.92 Å². The average molecular weight is 346 g/mol. The van der Waals surface area contributed by atoms with Gasteiger partial charge in [0, 0.05) is 13.0 Å². The number of ether oxygens (including phenoxy) is 1. The minimum absolute atomic E-state index is 0.00627. The number of carboxylic acids is 1. The van der Waals surface area contributed by atoms with Crippen LogP contribution in [0.2, 0.25) is 0 Å². The number of carboxylic acid groups (broad SMARTS) is 1. The van der Waals surface area contributed by atoms with E-state index in [9.17, 15) is 23.1 Å². The Balaban J connectivity index is 1.85. The van der Waals surface area contributed by atoms with Crippen LogP contribution in [0.1, 0.15) is 29.8 Å². The minimum Gasteiger partial charge on any atom is -0.477 e. The maximum absolute atomic E-state index is 13.0. The van der Waals surface area contributed by atoms with Gasteiger partial charge in [0.05, 0.1) is 13.2 Å². The highest BCUT2D eigenvalue weighted by molar-refractivity contribution is 5.86. The molecule has 1 saturated carbocycles. The van der Waals surface area contributed by atoms with Gasteiger partial charge in [-0.25, -0.2) is 9.78 Å². The highest BCUT2D eigenvalue weighted by atomic mass is 19.4. The molecule has 2 N–H and O–H groups in total. The van der Waals surface area contributed by atoms with Gasteiger partial charge < -0.3 is 19.8 Å². The van der Waals surface area contributed by atoms with Crippen LogP contribution >= 0.6 is 0 Å².